The standard InChI is InChI=1S/C17H25NO3/c1-4-14-7-9-15(10-8-14)21-13(3)17(19)18-12(2)16-6-5-11-20-16/h7-10,12-13,16H,4-6,11H2,1-3H3,(H,18,19). The van der Waals surface area contributed by atoms with Crippen molar-refractivity contribution in [1.29, 1.82) is 0 Å². The molecule has 1 fully saturated rings. The molecule has 4 heteroatoms. The number of hydrogen-bond donors (Lipinski definition) is 1. The second-order valence-electron chi connectivity index (χ2n) is 5.61. The fourth-order valence-corrected chi connectivity index (χ4v) is 2.49. The summed E-state index contributed by atoms with van der Waals surface area (Å²) in [5.74, 6) is 0.622. The lowest BCUT2D eigenvalue weighted by molar-refractivity contribution is -0.128. The number of ether oxygens (including phenoxy) is 2. The average molecular weight is 291 g/mol. The Labute approximate surface area is 126 Å². The van der Waals surface area contributed by atoms with Gasteiger partial charge < -0.3 is 14.8 Å². The predicted octanol–water partition coefficient (Wildman–Crippen LogP) is 2.70. The summed E-state index contributed by atoms with van der Waals surface area (Å²) in [6.45, 7) is 6.65. The van der Waals surface area contributed by atoms with E-state index in [0.717, 1.165) is 31.6 Å². The van der Waals surface area contributed by atoms with E-state index in [-0.39, 0.29) is 18.1 Å². The van der Waals surface area contributed by atoms with Crippen LogP contribution in [0.4, 0.5) is 0 Å². The lowest BCUT2D eigenvalue weighted by Crippen LogP contribution is -2.46. The van der Waals surface area contributed by atoms with E-state index in [4.69, 9.17) is 9.47 Å². The molecule has 0 bridgehead atoms. The summed E-state index contributed by atoms with van der Waals surface area (Å²) in [5.41, 5.74) is 1.26. The van der Waals surface area contributed by atoms with E-state index in [1.54, 1.807) is 6.92 Å². The van der Waals surface area contributed by atoms with Crippen molar-refractivity contribution in [1.82, 2.24) is 5.32 Å². The first-order valence-corrected chi connectivity index (χ1v) is 7.77. The average Bonchev–Trinajstić information content (AvgIpc) is 3.02. The van der Waals surface area contributed by atoms with Crippen LogP contribution in [0.1, 0.15) is 39.2 Å². The number of aryl methyl sites for hydroxylation is 1. The van der Waals surface area contributed by atoms with Crippen LogP contribution in [0.2, 0.25) is 0 Å². The number of amides is 1. The molecule has 1 saturated heterocycles. The van der Waals surface area contributed by atoms with Crippen LogP contribution in [0.5, 0.6) is 5.75 Å². The quantitative estimate of drug-likeness (QED) is 0.876. The zero-order valence-electron chi connectivity index (χ0n) is 13.1. The zero-order chi connectivity index (χ0) is 15.2. The van der Waals surface area contributed by atoms with Crippen LogP contribution in [0.15, 0.2) is 24.3 Å². The fourth-order valence-electron chi connectivity index (χ4n) is 2.49. The molecule has 21 heavy (non-hydrogen) atoms. The van der Waals surface area contributed by atoms with E-state index < -0.39 is 6.10 Å². The van der Waals surface area contributed by atoms with Crippen molar-refractivity contribution >= 4 is 5.91 Å². The molecule has 0 aliphatic carbocycles. The number of carbonyl (C=O) groups is 1. The summed E-state index contributed by atoms with van der Waals surface area (Å²) < 4.78 is 11.3. The summed E-state index contributed by atoms with van der Waals surface area (Å²) in [7, 11) is 0. The molecule has 0 radical (unpaired) electrons. The van der Waals surface area contributed by atoms with Gasteiger partial charge in [-0.3, -0.25) is 4.79 Å². The van der Waals surface area contributed by atoms with Gasteiger partial charge in [0.15, 0.2) is 6.10 Å². The van der Waals surface area contributed by atoms with E-state index in [9.17, 15) is 4.79 Å². The largest absolute Gasteiger partial charge is 0.481 e. The SMILES string of the molecule is CCc1ccc(OC(C)C(=O)NC(C)C2CCCO2)cc1. The minimum Gasteiger partial charge on any atom is -0.481 e. The molecule has 1 aromatic rings. The van der Waals surface area contributed by atoms with Gasteiger partial charge in [-0.2, -0.15) is 0 Å². The minimum atomic E-state index is -0.513. The lowest BCUT2D eigenvalue weighted by atomic mass is 10.1. The predicted molar refractivity (Wildman–Crippen MR) is 82.5 cm³/mol. The van der Waals surface area contributed by atoms with Crippen molar-refractivity contribution in [2.24, 2.45) is 0 Å². The van der Waals surface area contributed by atoms with Crippen molar-refractivity contribution in [3.05, 3.63) is 29.8 Å². The maximum atomic E-state index is 12.1. The van der Waals surface area contributed by atoms with E-state index in [2.05, 4.69) is 12.2 Å². The Morgan fingerprint density at radius 1 is 1.38 bits per heavy atom. The highest BCUT2D eigenvalue weighted by atomic mass is 16.5. The van der Waals surface area contributed by atoms with Crippen LogP contribution in [-0.2, 0) is 16.0 Å². The normalized spacial score (nSPS) is 20.8. The van der Waals surface area contributed by atoms with Crippen LogP contribution in [0, 0.1) is 0 Å². The Morgan fingerprint density at radius 2 is 2.10 bits per heavy atom. The highest BCUT2D eigenvalue weighted by Crippen LogP contribution is 2.17. The van der Waals surface area contributed by atoms with Crippen molar-refractivity contribution in [3.63, 3.8) is 0 Å². The monoisotopic (exact) mass is 291 g/mol. The molecule has 1 heterocycles. The smallest absolute Gasteiger partial charge is 0.261 e. The van der Waals surface area contributed by atoms with Gasteiger partial charge in [0.05, 0.1) is 12.1 Å². The molecule has 4 nitrogen and oxygen atoms in total. The van der Waals surface area contributed by atoms with Gasteiger partial charge in [0.25, 0.3) is 5.91 Å². The molecule has 0 saturated carbocycles. The molecule has 3 unspecified atom stereocenters. The second kappa shape index (κ2) is 7.46. The first-order valence-electron chi connectivity index (χ1n) is 7.77. The van der Waals surface area contributed by atoms with Crippen LogP contribution in [0.3, 0.4) is 0 Å². The third kappa shape index (κ3) is 4.46. The van der Waals surface area contributed by atoms with Gasteiger partial charge in [0.2, 0.25) is 0 Å². The van der Waals surface area contributed by atoms with Gasteiger partial charge in [-0.1, -0.05) is 19.1 Å². The molecule has 1 aliphatic rings. The highest BCUT2D eigenvalue weighted by Gasteiger charge is 2.25. The van der Waals surface area contributed by atoms with Gasteiger partial charge in [0.1, 0.15) is 5.75 Å². The Hall–Kier alpha value is -1.55. The zero-order valence-corrected chi connectivity index (χ0v) is 13.1. The molecule has 3 atom stereocenters. The summed E-state index contributed by atoms with van der Waals surface area (Å²) in [6, 6.07) is 7.89. The van der Waals surface area contributed by atoms with Crippen molar-refractivity contribution in [3.8, 4) is 5.75 Å². The van der Waals surface area contributed by atoms with E-state index in [0.29, 0.717) is 0 Å². The number of rotatable bonds is 6. The molecule has 1 aliphatic heterocycles. The van der Waals surface area contributed by atoms with Crippen molar-refractivity contribution < 1.29 is 14.3 Å². The van der Waals surface area contributed by atoms with Gasteiger partial charge >= 0.3 is 0 Å². The summed E-state index contributed by atoms with van der Waals surface area (Å²) in [5, 5.41) is 2.98. The summed E-state index contributed by atoms with van der Waals surface area (Å²) in [4.78, 5) is 12.1. The van der Waals surface area contributed by atoms with Gasteiger partial charge in [-0.25, -0.2) is 0 Å². The van der Waals surface area contributed by atoms with Crippen LogP contribution in [-0.4, -0.2) is 30.8 Å². The molecule has 0 aromatic heterocycles. The Kier molecular flexibility index (Phi) is 5.62. The number of benzene rings is 1. The first kappa shape index (κ1) is 15.8. The van der Waals surface area contributed by atoms with Gasteiger partial charge in [0, 0.05) is 6.61 Å². The Morgan fingerprint density at radius 3 is 2.67 bits per heavy atom. The maximum Gasteiger partial charge on any atom is 0.261 e. The minimum absolute atomic E-state index is 0.0218. The van der Waals surface area contributed by atoms with Crippen molar-refractivity contribution in [2.45, 2.75) is 58.3 Å². The topological polar surface area (TPSA) is 47.6 Å². The van der Waals surface area contributed by atoms with Gasteiger partial charge in [-0.05, 0) is 50.8 Å². The number of carbonyl (C=O) groups excluding carboxylic acids is 1. The third-order valence-corrected chi connectivity index (χ3v) is 3.91. The van der Waals surface area contributed by atoms with Crippen molar-refractivity contribution in [2.75, 3.05) is 6.61 Å². The van der Waals surface area contributed by atoms with E-state index in [1.165, 1.54) is 5.56 Å². The molecule has 0 spiro atoms. The van der Waals surface area contributed by atoms with Crippen LogP contribution >= 0.6 is 0 Å². The molecule has 1 N–H and O–H groups in total. The first-order chi connectivity index (χ1) is 10.1. The second-order valence-corrected chi connectivity index (χ2v) is 5.61. The van der Waals surface area contributed by atoms with E-state index >= 15 is 0 Å². The summed E-state index contributed by atoms with van der Waals surface area (Å²) in [6.07, 6.45) is 2.69. The molecule has 2 rings (SSSR count). The van der Waals surface area contributed by atoms with E-state index in [1.807, 2.05) is 31.2 Å². The van der Waals surface area contributed by atoms with Crippen LogP contribution in [0.25, 0.3) is 0 Å². The third-order valence-electron chi connectivity index (χ3n) is 3.91. The number of nitrogens with one attached hydrogen (secondary N) is 1. The molecule has 116 valence electrons. The highest BCUT2D eigenvalue weighted by molar-refractivity contribution is 5.81. The van der Waals surface area contributed by atoms with Crippen LogP contribution < -0.4 is 10.1 Å². The molecule has 1 aromatic carbocycles. The summed E-state index contributed by atoms with van der Waals surface area (Å²) >= 11 is 0. The maximum absolute atomic E-state index is 12.1. The fraction of sp³-hybridized carbons (Fsp3) is 0.588. The Balaban J connectivity index is 1.83. The lowest BCUT2D eigenvalue weighted by Gasteiger charge is -2.22. The molecular formula is C17H25NO3. The molecular weight excluding hydrogens is 266 g/mol. The number of hydrogen-bond acceptors (Lipinski definition) is 3. The Bertz CT molecular complexity index is 452. The van der Waals surface area contributed by atoms with Gasteiger partial charge in [-0.15, -0.1) is 0 Å². The molecule has 1 amide bonds.